The predicted octanol–water partition coefficient (Wildman–Crippen LogP) is 3.91. The van der Waals surface area contributed by atoms with Crippen LogP contribution in [0.1, 0.15) is 25.7 Å². The molecule has 31 heavy (non-hydrogen) atoms. The molecule has 1 saturated carbocycles. The van der Waals surface area contributed by atoms with Crippen LogP contribution in [0.25, 0.3) is 27.7 Å². The number of pyridine rings is 1. The maximum Gasteiger partial charge on any atom is 0.224 e. The van der Waals surface area contributed by atoms with E-state index in [0.717, 1.165) is 60.0 Å². The number of hydrogen-bond acceptors (Lipinski definition) is 6. The Morgan fingerprint density at radius 2 is 2.10 bits per heavy atom. The second kappa shape index (κ2) is 9.03. The zero-order valence-corrected chi connectivity index (χ0v) is 17.8. The Balaban J connectivity index is 1.22. The number of anilines is 1. The Hall–Kier alpha value is -2.97. The molecule has 162 valence electrons. The lowest BCUT2D eigenvalue weighted by molar-refractivity contribution is 0.0431. The van der Waals surface area contributed by atoms with E-state index in [4.69, 9.17) is 14.5 Å². The third-order valence-corrected chi connectivity index (χ3v) is 6.11. The molecule has 0 saturated heterocycles. The van der Waals surface area contributed by atoms with Crippen molar-refractivity contribution in [3.8, 4) is 11.1 Å². The molecule has 0 aromatic carbocycles. The van der Waals surface area contributed by atoms with E-state index >= 15 is 0 Å². The molecule has 0 aliphatic heterocycles. The van der Waals surface area contributed by atoms with Crippen LogP contribution in [0.15, 0.2) is 43.0 Å². The monoisotopic (exact) mass is 420 g/mol. The molecule has 1 aliphatic carbocycles. The van der Waals surface area contributed by atoms with E-state index in [-0.39, 0.29) is 0 Å². The predicted molar refractivity (Wildman–Crippen MR) is 120 cm³/mol. The Morgan fingerprint density at radius 1 is 1.19 bits per heavy atom. The fourth-order valence-corrected chi connectivity index (χ4v) is 4.35. The van der Waals surface area contributed by atoms with E-state index in [1.165, 1.54) is 0 Å². The van der Waals surface area contributed by atoms with Gasteiger partial charge in [-0.1, -0.05) is 0 Å². The molecule has 4 aromatic rings. The molecule has 0 unspecified atom stereocenters. The van der Waals surface area contributed by atoms with Crippen molar-refractivity contribution in [3.63, 3.8) is 0 Å². The number of hydrogen-bond donors (Lipinski definition) is 2. The van der Waals surface area contributed by atoms with Crippen molar-refractivity contribution in [2.45, 2.75) is 31.7 Å². The highest BCUT2D eigenvalue weighted by Gasteiger charge is 2.22. The van der Waals surface area contributed by atoms with Crippen LogP contribution in [0, 0.1) is 5.92 Å². The van der Waals surface area contributed by atoms with Gasteiger partial charge in [-0.05, 0) is 55.4 Å². The number of fused-ring (bicyclic) bond motifs is 2. The standard InChI is InChI=1S/C23H28N6O2/c1-30-10-11-31-15-16-2-4-18(5-3-16)27-23-25-14-21-20(13-24-22(21)28-23)17-7-9-29-19(12-17)6-8-26-29/h6-9,12-14,16,18H,2-5,10-11,15H2,1H3,(H2,24,25,27,28). The van der Waals surface area contributed by atoms with Gasteiger partial charge in [-0.25, -0.2) is 9.50 Å². The molecule has 4 heterocycles. The second-order valence-corrected chi connectivity index (χ2v) is 8.20. The summed E-state index contributed by atoms with van der Waals surface area (Å²) in [7, 11) is 1.70. The van der Waals surface area contributed by atoms with Crippen molar-refractivity contribution in [1.82, 2.24) is 24.6 Å². The van der Waals surface area contributed by atoms with Crippen LogP contribution >= 0.6 is 0 Å². The summed E-state index contributed by atoms with van der Waals surface area (Å²) < 4.78 is 12.6. The molecule has 5 rings (SSSR count). The number of methoxy groups -OCH3 is 1. The Morgan fingerprint density at radius 3 is 2.97 bits per heavy atom. The average molecular weight is 421 g/mol. The van der Waals surface area contributed by atoms with Crippen LogP contribution in [0.2, 0.25) is 0 Å². The molecular formula is C23H28N6O2. The number of aromatic nitrogens is 5. The van der Waals surface area contributed by atoms with Gasteiger partial charge < -0.3 is 19.8 Å². The lowest BCUT2D eigenvalue weighted by Crippen LogP contribution is -2.28. The van der Waals surface area contributed by atoms with Gasteiger partial charge in [0.1, 0.15) is 5.65 Å². The van der Waals surface area contributed by atoms with Crippen molar-refractivity contribution in [2.75, 3.05) is 32.2 Å². The minimum Gasteiger partial charge on any atom is -0.382 e. The fraction of sp³-hybridized carbons (Fsp3) is 0.435. The smallest absolute Gasteiger partial charge is 0.224 e. The average Bonchev–Trinajstić information content (AvgIpc) is 3.44. The third-order valence-electron chi connectivity index (χ3n) is 6.11. The van der Waals surface area contributed by atoms with Crippen molar-refractivity contribution < 1.29 is 9.47 Å². The molecule has 1 aliphatic rings. The SMILES string of the molecule is COCCOCC1CCC(Nc2ncc3c(-c4ccn5nccc5c4)c[nH]c3n2)CC1. The summed E-state index contributed by atoms with van der Waals surface area (Å²) in [5, 5.41) is 8.81. The first-order chi connectivity index (χ1) is 15.3. The van der Waals surface area contributed by atoms with Gasteiger partial charge in [-0.2, -0.15) is 10.1 Å². The van der Waals surface area contributed by atoms with E-state index in [1.807, 2.05) is 29.2 Å². The molecule has 0 atom stereocenters. The molecule has 0 amide bonds. The van der Waals surface area contributed by atoms with Crippen LogP contribution in [0.5, 0.6) is 0 Å². The Bertz CT molecular complexity index is 1150. The largest absolute Gasteiger partial charge is 0.382 e. The van der Waals surface area contributed by atoms with Crippen LogP contribution in [0.3, 0.4) is 0 Å². The molecule has 8 nitrogen and oxygen atoms in total. The maximum absolute atomic E-state index is 5.69. The highest BCUT2D eigenvalue weighted by Crippen LogP contribution is 2.30. The number of rotatable bonds is 8. The van der Waals surface area contributed by atoms with Crippen molar-refractivity contribution in [1.29, 1.82) is 0 Å². The van der Waals surface area contributed by atoms with E-state index in [1.54, 1.807) is 13.3 Å². The molecule has 4 aromatic heterocycles. The van der Waals surface area contributed by atoms with Gasteiger partial charge in [0.2, 0.25) is 5.95 Å². The molecule has 0 spiro atoms. The van der Waals surface area contributed by atoms with Crippen LogP contribution in [-0.2, 0) is 9.47 Å². The summed E-state index contributed by atoms with van der Waals surface area (Å²) in [4.78, 5) is 12.6. The minimum atomic E-state index is 0.409. The first kappa shape index (κ1) is 20.0. The van der Waals surface area contributed by atoms with Gasteiger partial charge >= 0.3 is 0 Å². The van der Waals surface area contributed by atoms with Gasteiger partial charge in [-0.15, -0.1) is 0 Å². The molecule has 2 N–H and O–H groups in total. The lowest BCUT2D eigenvalue weighted by atomic mass is 9.86. The number of ether oxygens (including phenoxy) is 2. The number of nitrogens with one attached hydrogen (secondary N) is 2. The highest BCUT2D eigenvalue weighted by molar-refractivity contribution is 5.94. The summed E-state index contributed by atoms with van der Waals surface area (Å²) in [5.74, 6) is 1.32. The molecule has 0 bridgehead atoms. The summed E-state index contributed by atoms with van der Waals surface area (Å²) in [6.07, 6.45) is 12.2. The molecule has 1 fully saturated rings. The fourth-order valence-electron chi connectivity index (χ4n) is 4.35. The lowest BCUT2D eigenvalue weighted by Gasteiger charge is -2.28. The second-order valence-electron chi connectivity index (χ2n) is 8.20. The first-order valence-corrected chi connectivity index (χ1v) is 10.9. The summed E-state index contributed by atoms with van der Waals surface area (Å²) >= 11 is 0. The zero-order chi connectivity index (χ0) is 21.0. The first-order valence-electron chi connectivity index (χ1n) is 10.9. The summed E-state index contributed by atoms with van der Waals surface area (Å²) in [6.45, 7) is 2.17. The van der Waals surface area contributed by atoms with Crippen molar-refractivity contribution in [2.24, 2.45) is 5.92 Å². The van der Waals surface area contributed by atoms with E-state index in [0.29, 0.717) is 31.1 Å². The minimum absolute atomic E-state index is 0.409. The van der Waals surface area contributed by atoms with E-state index in [2.05, 4.69) is 32.5 Å². The van der Waals surface area contributed by atoms with Gasteiger partial charge in [0.25, 0.3) is 0 Å². The number of H-pyrrole nitrogens is 1. The van der Waals surface area contributed by atoms with Crippen LogP contribution < -0.4 is 5.32 Å². The third kappa shape index (κ3) is 4.40. The number of nitrogens with zero attached hydrogens (tertiary/aromatic N) is 4. The Labute approximate surface area is 181 Å². The maximum atomic E-state index is 5.69. The molecular weight excluding hydrogens is 392 g/mol. The van der Waals surface area contributed by atoms with E-state index < -0.39 is 0 Å². The topological polar surface area (TPSA) is 89.4 Å². The van der Waals surface area contributed by atoms with Crippen molar-refractivity contribution in [3.05, 3.63) is 43.0 Å². The summed E-state index contributed by atoms with van der Waals surface area (Å²) in [5.41, 5.74) is 4.13. The van der Waals surface area contributed by atoms with Crippen LogP contribution in [-0.4, -0.2) is 57.5 Å². The van der Waals surface area contributed by atoms with Crippen molar-refractivity contribution >= 4 is 22.5 Å². The zero-order valence-electron chi connectivity index (χ0n) is 17.8. The highest BCUT2D eigenvalue weighted by atomic mass is 16.5. The van der Waals surface area contributed by atoms with Gasteiger partial charge in [0.15, 0.2) is 0 Å². The molecule has 0 radical (unpaired) electrons. The van der Waals surface area contributed by atoms with Gasteiger partial charge in [-0.3, -0.25) is 0 Å². The summed E-state index contributed by atoms with van der Waals surface area (Å²) in [6, 6.07) is 6.59. The quantitative estimate of drug-likeness (QED) is 0.420. The number of aromatic amines is 1. The van der Waals surface area contributed by atoms with Crippen LogP contribution in [0.4, 0.5) is 5.95 Å². The Kier molecular flexibility index (Phi) is 5.82. The van der Waals surface area contributed by atoms with Gasteiger partial charge in [0.05, 0.1) is 18.7 Å². The van der Waals surface area contributed by atoms with E-state index in [9.17, 15) is 0 Å². The van der Waals surface area contributed by atoms with Gasteiger partial charge in [0, 0.05) is 55.5 Å². The molecule has 8 heteroatoms. The normalized spacial score (nSPS) is 19.3.